The van der Waals surface area contributed by atoms with Crippen molar-refractivity contribution in [2.45, 2.75) is 63.5 Å². The molecule has 2 aromatic carbocycles. The molecule has 5 rings (SSSR count). The lowest BCUT2D eigenvalue weighted by Gasteiger charge is -2.38. The third kappa shape index (κ3) is 7.21. The normalized spacial score (nSPS) is 18.0. The Labute approximate surface area is 240 Å². The minimum atomic E-state index is -1.10. The van der Waals surface area contributed by atoms with Gasteiger partial charge in [-0.15, -0.1) is 0 Å². The maximum absolute atomic E-state index is 13.2. The molecule has 1 atom stereocenters. The molecule has 1 unspecified atom stereocenters. The summed E-state index contributed by atoms with van der Waals surface area (Å²) in [5.74, 6) is -0.0284. The van der Waals surface area contributed by atoms with Crippen molar-refractivity contribution in [1.82, 2.24) is 19.4 Å². The maximum Gasteiger partial charge on any atom is 0.261 e. The van der Waals surface area contributed by atoms with Crippen molar-refractivity contribution in [2.24, 2.45) is 0 Å². The lowest BCUT2D eigenvalue weighted by Crippen LogP contribution is -2.49. The van der Waals surface area contributed by atoms with Crippen LogP contribution < -0.4 is 10.9 Å². The number of hydrogen-bond donors (Lipinski definition) is 2. The zero-order valence-electron chi connectivity index (χ0n) is 23.7. The van der Waals surface area contributed by atoms with Crippen LogP contribution in [0.25, 0.3) is 10.9 Å². The summed E-state index contributed by atoms with van der Waals surface area (Å²) in [6.07, 6.45) is 9.53. The Bertz CT molecular complexity index is 1450. The van der Waals surface area contributed by atoms with Crippen LogP contribution in [0.4, 0.5) is 5.69 Å². The average Bonchev–Trinajstić information content (AvgIpc) is 2.99. The first-order valence-electron chi connectivity index (χ1n) is 14.6. The van der Waals surface area contributed by atoms with Crippen molar-refractivity contribution in [3.05, 3.63) is 83.1 Å². The highest BCUT2D eigenvalue weighted by molar-refractivity contribution is 6.00. The van der Waals surface area contributed by atoms with Gasteiger partial charge < -0.3 is 20.2 Å². The Morgan fingerprint density at radius 3 is 2.51 bits per heavy atom. The number of nitrogens with zero attached hydrogens (tertiary/aromatic N) is 4. The van der Waals surface area contributed by atoms with Gasteiger partial charge in [-0.1, -0.05) is 37.3 Å². The Morgan fingerprint density at radius 2 is 1.78 bits per heavy atom. The predicted molar refractivity (Wildman–Crippen MR) is 159 cm³/mol. The molecule has 9 heteroatoms. The first kappa shape index (κ1) is 28.5. The smallest absolute Gasteiger partial charge is 0.261 e. The number of anilines is 1. The van der Waals surface area contributed by atoms with Crippen molar-refractivity contribution in [2.75, 3.05) is 31.5 Å². The second kappa shape index (κ2) is 12.7. The van der Waals surface area contributed by atoms with E-state index in [0.717, 1.165) is 31.5 Å². The fourth-order valence-corrected chi connectivity index (χ4v) is 5.71. The van der Waals surface area contributed by atoms with Crippen LogP contribution in [0.1, 0.15) is 56.9 Å². The predicted octanol–water partition coefficient (Wildman–Crippen LogP) is 3.88. The Kier molecular flexibility index (Phi) is 8.83. The van der Waals surface area contributed by atoms with Crippen molar-refractivity contribution in [3.8, 4) is 0 Å². The standard InChI is InChI=1S/C32H39N5O4/c1-24(25-8-4-2-5-9-25)20-30(39)36-18-13-32(41,14-19-36)22-37-23-33-28-21-26(10-11-27(28)31(37)40)34-29(38)12-17-35-15-6-3-7-16-35/h2,4-5,8-12,17,21,23-24,41H,3,6-7,13-16,18-20,22H2,1H3,(H,34,38). The topological polar surface area (TPSA) is 108 Å². The number of fused-ring (bicyclic) bond motifs is 1. The van der Waals surface area contributed by atoms with Crippen molar-refractivity contribution < 1.29 is 14.7 Å². The number of piperidine rings is 2. The zero-order chi connectivity index (χ0) is 28.8. The number of carbonyl (C=O) groups is 2. The molecule has 2 N–H and O–H groups in total. The summed E-state index contributed by atoms with van der Waals surface area (Å²) in [6.45, 7) is 4.99. The van der Waals surface area contributed by atoms with Gasteiger partial charge in [0.05, 0.1) is 29.4 Å². The molecule has 0 radical (unpaired) electrons. The highest BCUT2D eigenvalue weighted by Gasteiger charge is 2.35. The molecule has 3 aromatic rings. The summed E-state index contributed by atoms with van der Waals surface area (Å²) in [7, 11) is 0. The highest BCUT2D eigenvalue weighted by Crippen LogP contribution is 2.27. The number of nitrogens with one attached hydrogen (secondary N) is 1. The molecule has 0 spiro atoms. The van der Waals surface area contributed by atoms with Gasteiger partial charge in [-0.3, -0.25) is 19.0 Å². The third-order valence-corrected chi connectivity index (χ3v) is 8.28. The average molecular weight is 558 g/mol. The third-order valence-electron chi connectivity index (χ3n) is 8.28. The van der Waals surface area contributed by atoms with E-state index in [1.54, 1.807) is 18.2 Å². The molecule has 2 aliphatic rings. The molecule has 0 aliphatic carbocycles. The van der Waals surface area contributed by atoms with Gasteiger partial charge in [-0.05, 0) is 61.8 Å². The summed E-state index contributed by atoms with van der Waals surface area (Å²) in [5, 5.41) is 14.5. The highest BCUT2D eigenvalue weighted by atomic mass is 16.3. The van der Waals surface area contributed by atoms with Gasteiger partial charge in [0.15, 0.2) is 0 Å². The van der Waals surface area contributed by atoms with Gasteiger partial charge in [0.1, 0.15) is 0 Å². The van der Waals surface area contributed by atoms with Crippen LogP contribution in [0.2, 0.25) is 0 Å². The number of rotatable bonds is 8. The molecule has 2 aliphatic heterocycles. The molecule has 0 bridgehead atoms. The van der Waals surface area contributed by atoms with Gasteiger partial charge in [-0.25, -0.2) is 4.98 Å². The molecular weight excluding hydrogens is 518 g/mol. The number of amides is 2. The second-order valence-electron chi connectivity index (χ2n) is 11.4. The molecule has 2 fully saturated rings. The minimum absolute atomic E-state index is 0.0813. The van der Waals surface area contributed by atoms with E-state index in [4.69, 9.17) is 0 Å². The number of hydrogen-bond acceptors (Lipinski definition) is 6. The van der Waals surface area contributed by atoms with Crippen LogP contribution >= 0.6 is 0 Å². The van der Waals surface area contributed by atoms with Crippen molar-refractivity contribution >= 4 is 28.4 Å². The van der Waals surface area contributed by atoms with Gasteiger partial charge in [0.25, 0.3) is 5.56 Å². The molecular formula is C32H39N5O4. The van der Waals surface area contributed by atoms with Crippen LogP contribution in [0, 0.1) is 0 Å². The molecule has 2 saturated heterocycles. The van der Waals surface area contributed by atoms with E-state index in [2.05, 4.69) is 22.1 Å². The second-order valence-corrected chi connectivity index (χ2v) is 11.4. The van der Waals surface area contributed by atoms with Crippen LogP contribution in [-0.4, -0.2) is 68.1 Å². The molecule has 3 heterocycles. The Balaban J connectivity index is 1.17. The van der Waals surface area contributed by atoms with E-state index < -0.39 is 5.60 Å². The van der Waals surface area contributed by atoms with Crippen LogP contribution in [0.3, 0.4) is 0 Å². The summed E-state index contributed by atoms with van der Waals surface area (Å²) < 4.78 is 1.44. The molecule has 0 saturated carbocycles. The first-order chi connectivity index (χ1) is 19.8. The molecule has 9 nitrogen and oxygen atoms in total. The molecule has 1 aromatic heterocycles. The lowest BCUT2D eigenvalue weighted by molar-refractivity contribution is -0.136. The van der Waals surface area contributed by atoms with Gasteiger partial charge in [0.2, 0.25) is 11.8 Å². The molecule has 2 amide bonds. The zero-order valence-corrected chi connectivity index (χ0v) is 23.7. The van der Waals surface area contributed by atoms with Crippen molar-refractivity contribution in [1.29, 1.82) is 0 Å². The quantitative estimate of drug-likeness (QED) is 0.407. The van der Waals surface area contributed by atoms with E-state index in [1.807, 2.05) is 41.4 Å². The van der Waals surface area contributed by atoms with Gasteiger partial charge in [0, 0.05) is 50.6 Å². The summed E-state index contributed by atoms with van der Waals surface area (Å²) in [6, 6.07) is 15.0. The summed E-state index contributed by atoms with van der Waals surface area (Å²) >= 11 is 0. The van der Waals surface area contributed by atoms with Gasteiger partial charge in [-0.2, -0.15) is 0 Å². The van der Waals surface area contributed by atoms with E-state index in [-0.39, 0.29) is 29.8 Å². The fraction of sp³-hybridized carbons (Fsp3) is 0.438. The number of benzene rings is 2. The summed E-state index contributed by atoms with van der Waals surface area (Å²) in [4.78, 5) is 46.9. The Morgan fingerprint density at radius 1 is 1.05 bits per heavy atom. The fourth-order valence-electron chi connectivity index (χ4n) is 5.71. The summed E-state index contributed by atoms with van der Waals surface area (Å²) in [5.41, 5.74) is 0.824. The van der Waals surface area contributed by atoms with Gasteiger partial charge >= 0.3 is 0 Å². The number of likely N-dealkylation sites (tertiary alicyclic amines) is 2. The molecule has 216 valence electrons. The first-order valence-corrected chi connectivity index (χ1v) is 14.6. The number of aliphatic hydroxyl groups is 1. The SMILES string of the molecule is CC(CC(=O)N1CCC(O)(Cn2cnc3cc(NC(=O)C=CN4CCCCC4)ccc3c2=O)CC1)c1ccccc1. The van der Waals surface area contributed by atoms with Crippen LogP contribution in [0.5, 0.6) is 0 Å². The van der Waals surface area contributed by atoms with Crippen LogP contribution in [0.15, 0.2) is 71.9 Å². The Hall–Kier alpha value is -3.98. The molecule has 41 heavy (non-hydrogen) atoms. The number of aromatic nitrogens is 2. The monoisotopic (exact) mass is 557 g/mol. The van der Waals surface area contributed by atoms with E-state index in [0.29, 0.717) is 48.9 Å². The van der Waals surface area contributed by atoms with Crippen LogP contribution in [-0.2, 0) is 16.1 Å². The number of carbonyl (C=O) groups excluding carboxylic acids is 2. The van der Waals surface area contributed by atoms with E-state index in [9.17, 15) is 19.5 Å². The van der Waals surface area contributed by atoms with E-state index in [1.165, 1.54) is 23.4 Å². The lowest BCUT2D eigenvalue weighted by atomic mass is 9.90. The van der Waals surface area contributed by atoms with E-state index >= 15 is 0 Å². The van der Waals surface area contributed by atoms with Crippen molar-refractivity contribution in [3.63, 3.8) is 0 Å². The maximum atomic E-state index is 13.2. The largest absolute Gasteiger partial charge is 0.388 e. The minimum Gasteiger partial charge on any atom is -0.388 e.